The smallest absolute Gasteiger partial charge is 0.243 e. The summed E-state index contributed by atoms with van der Waals surface area (Å²) in [6.07, 6.45) is 1.90. The second-order valence-electron chi connectivity index (χ2n) is 7.44. The number of sulfonamides is 1. The Hall–Kier alpha value is -3.18. The Morgan fingerprint density at radius 2 is 1.88 bits per heavy atom. The van der Waals surface area contributed by atoms with Crippen molar-refractivity contribution in [2.45, 2.75) is 30.7 Å². The number of aromatic nitrogens is 3. The number of ether oxygens (including phenoxy) is 2. The number of carbonyl (C=O) groups excluding carboxylic acids is 1. The minimum Gasteiger partial charge on any atom is -0.497 e. The van der Waals surface area contributed by atoms with Crippen molar-refractivity contribution in [2.24, 2.45) is 0 Å². The number of benzene rings is 2. The Bertz CT molecular complexity index is 1230. The molecule has 4 rings (SSSR count). The fourth-order valence-electron chi connectivity index (χ4n) is 3.69. The van der Waals surface area contributed by atoms with Gasteiger partial charge in [0.25, 0.3) is 0 Å². The van der Waals surface area contributed by atoms with E-state index in [-0.39, 0.29) is 23.8 Å². The molecule has 1 fully saturated rings. The predicted molar refractivity (Wildman–Crippen MR) is 118 cm³/mol. The van der Waals surface area contributed by atoms with E-state index < -0.39 is 10.0 Å². The summed E-state index contributed by atoms with van der Waals surface area (Å²) < 4.78 is 39.1. The maximum atomic E-state index is 12.8. The van der Waals surface area contributed by atoms with Crippen LogP contribution < -0.4 is 14.8 Å². The maximum absolute atomic E-state index is 12.8. The molecule has 32 heavy (non-hydrogen) atoms. The molecule has 1 saturated heterocycles. The summed E-state index contributed by atoms with van der Waals surface area (Å²) in [4.78, 5) is 12.7. The number of fused-ring (bicyclic) bond motifs is 1. The van der Waals surface area contributed by atoms with Crippen molar-refractivity contribution in [3.63, 3.8) is 0 Å². The molecule has 0 radical (unpaired) electrons. The number of anilines is 1. The van der Waals surface area contributed by atoms with Crippen LogP contribution in [-0.4, -0.2) is 60.9 Å². The largest absolute Gasteiger partial charge is 0.497 e. The quantitative estimate of drug-likeness (QED) is 0.549. The molecule has 1 aliphatic heterocycles. The van der Waals surface area contributed by atoms with E-state index in [1.807, 2.05) is 0 Å². The van der Waals surface area contributed by atoms with Crippen LogP contribution >= 0.6 is 0 Å². The Labute approximate surface area is 186 Å². The SMILES string of the molecule is COc1ccc(OC)c(NC(=O)CCn2nnc3cc(S(=O)(=O)N4CCCC4)ccc32)c1. The lowest BCUT2D eigenvalue weighted by Crippen LogP contribution is -2.27. The van der Waals surface area contributed by atoms with E-state index >= 15 is 0 Å². The van der Waals surface area contributed by atoms with Gasteiger partial charge in [0.15, 0.2) is 0 Å². The van der Waals surface area contributed by atoms with Crippen LogP contribution in [0.4, 0.5) is 5.69 Å². The number of rotatable bonds is 8. The summed E-state index contributed by atoms with van der Waals surface area (Å²) in [5.41, 5.74) is 1.65. The standard InChI is InChI=1S/C21H25N5O5S/c1-30-15-5-8-20(31-2)18(13-15)22-21(27)9-12-26-19-7-6-16(14-17(19)23-24-26)32(28,29)25-10-3-4-11-25/h5-8,13-14H,3-4,9-12H2,1-2H3,(H,22,27). The first-order valence-electron chi connectivity index (χ1n) is 10.3. The summed E-state index contributed by atoms with van der Waals surface area (Å²) >= 11 is 0. The van der Waals surface area contributed by atoms with Gasteiger partial charge in [0, 0.05) is 25.6 Å². The molecule has 0 unspecified atom stereocenters. The first kappa shape index (κ1) is 22.0. The fraction of sp³-hybridized carbons (Fsp3) is 0.381. The van der Waals surface area contributed by atoms with Gasteiger partial charge in [-0.05, 0) is 43.2 Å². The minimum absolute atomic E-state index is 0.145. The molecule has 0 bridgehead atoms. The lowest BCUT2D eigenvalue weighted by molar-refractivity contribution is -0.116. The van der Waals surface area contributed by atoms with Gasteiger partial charge in [-0.1, -0.05) is 5.21 Å². The molecule has 0 spiro atoms. The van der Waals surface area contributed by atoms with E-state index in [0.29, 0.717) is 41.3 Å². The van der Waals surface area contributed by atoms with Crippen LogP contribution in [0.15, 0.2) is 41.3 Å². The van der Waals surface area contributed by atoms with Crippen molar-refractivity contribution in [2.75, 3.05) is 32.6 Å². The van der Waals surface area contributed by atoms with Crippen molar-refractivity contribution >= 4 is 32.7 Å². The Kier molecular flexibility index (Phi) is 6.28. The zero-order valence-electron chi connectivity index (χ0n) is 17.9. The van der Waals surface area contributed by atoms with E-state index in [1.54, 1.807) is 42.1 Å². The number of hydrogen-bond donors (Lipinski definition) is 1. The van der Waals surface area contributed by atoms with Crippen molar-refractivity contribution < 1.29 is 22.7 Å². The maximum Gasteiger partial charge on any atom is 0.243 e. The average Bonchev–Trinajstić information content (AvgIpc) is 3.48. The van der Waals surface area contributed by atoms with E-state index in [2.05, 4.69) is 15.6 Å². The van der Waals surface area contributed by atoms with Crippen LogP contribution in [0.1, 0.15) is 19.3 Å². The van der Waals surface area contributed by atoms with Gasteiger partial charge in [0.1, 0.15) is 17.0 Å². The van der Waals surface area contributed by atoms with Crippen molar-refractivity contribution in [1.29, 1.82) is 0 Å². The fourth-order valence-corrected chi connectivity index (χ4v) is 5.22. The van der Waals surface area contributed by atoms with Gasteiger partial charge in [-0.15, -0.1) is 5.10 Å². The lowest BCUT2D eigenvalue weighted by atomic mass is 10.2. The summed E-state index contributed by atoms with van der Waals surface area (Å²) in [6.45, 7) is 1.37. The van der Waals surface area contributed by atoms with Crippen LogP contribution in [0.3, 0.4) is 0 Å². The highest BCUT2D eigenvalue weighted by molar-refractivity contribution is 7.89. The molecule has 10 nitrogen and oxygen atoms in total. The van der Waals surface area contributed by atoms with Crippen LogP contribution in [-0.2, 0) is 21.4 Å². The molecule has 2 heterocycles. The number of methoxy groups -OCH3 is 2. The average molecular weight is 460 g/mol. The molecule has 1 aliphatic rings. The molecule has 1 aromatic heterocycles. The molecule has 170 valence electrons. The highest BCUT2D eigenvalue weighted by Gasteiger charge is 2.27. The van der Waals surface area contributed by atoms with E-state index in [4.69, 9.17) is 9.47 Å². The molecule has 0 saturated carbocycles. The Morgan fingerprint density at radius 1 is 1.09 bits per heavy atom. The van der Waals surface area contributed by atoms with Gasteiger partial charge in [-0.2, -0.15) is 4.31 Å². The topological polar surface area (TPSA) is 116 Å². The monoisotopic (exact) mass is 459 g/mol. The van der Waals surface area contributed by atoms with E-state index in [1.165, 1.54) is 17.5 Å². The summed E-state index contributed by atoms with van der Waals surface area (Å²) in [7, 11) is -0.452. The van der Waals surface area contributed by atoms with Crippen molar-refractivity contribution in [3.05, 3.63) is 36.4 Å². The molecule has 11 heteroatoms. The van der Waals surface area contributed by atoms with Crippen molar-refractivity contribution in [3.8, 4) is 11.5 Å². The molecule has 1 N–H and O–H groups in total. The third kappa shape index (κ3) is 4.39. The minimum atomic E-state index is -3.52. The number of amides is 1. The zero-order valence-corrected chi connectivity index (χ0v) is 18.8. The molecule has 1 amide bonds. The molecular formula is C21H25N5O5S. The van der Waals surface area contributed by atoms with Gasteiger partial charge >= 0.3 is 0 Å². The summed E-state index contributed by atoms with van der Waals surface area (Å²) in [5, 5.41) is 11.0. The second-order valence-corrected chi connectivity index (χ2v) is 9.38. The predicted octanol–water partition coefficient (Wildman–Crippen LogP) is 2.26. The molecule has 0 atom stereocenters. The lowest BCUT2D eigenvalue weighted by Gasteiger charge is -2.15. The number of nitrogens with zero attached hydrogens (tertiary/aromatic N) is 4. The molecular weight excluding hydrogens is 434 g/mol. The van der Waals surface area contributed by atoms with E-state index in [0.717, 1.165) is 12.8 Å². The van der Waals surface area contributed by atoms with Crippen LogP contribution in [0.25, 0.3) is 11.0 Å². The van der Waals surface area contributed by atoms with Gasteiger partial charge in [0.2, 0.25) is 15.9 Å². The molecule has 0 aliphatic carbocycles. The third-order valence-electron chi connectivity index (χ3n) is 5.42. The summed E-state index contributed by atoms with van der Waals surface area (Å²) in [6, 6.07) is 9.93. The Morgan fingerprint density at radius 3 is 2.59 bits per heavy atom. The van der Waals surface area contributed by atoms with E-state index in [9.17, 15) is 13.2 Å². The highest BCUT2D eigenvalue weighted by atomic mass is 32.2. The molecule has 3 aromatic rings. The van der Waals surface area contributed by atoms with Crippen LogP contribution in [0.5, 0.6) is 11.5 Å². The van der Waals surface area contributed by atoms with Gasteiger partial charge in [-0.3, -0.25) is 4.79 Å². The first-order chi connectivity index (χ1) is 15.4. The van der Waals surface area contributed by atoms with Gasteiger partial charge < -0.3 is 14.8 Å². The van der Waals surface area contributed by atoms with Gasteiger partial charge in [-0.25, -0.2) is 13.1 Å². The number of nitrogens with one attached hydrogen (secondary N) is 1. The Balaban J connectivity index is 1.45. The zero-order chi connectivity index (χ0) is 22.7. The third-order valence-corrected chi connectivity index (χ3v) is 7.31. The van der Waals surface area contributed by atoms with Crippen LogP contribution in [0.2, 0.25) is 0 Å². The molecule has 2 aromatic carbocycles. The number of hydrogen-bond acceptors (Lipinski definition) is 7. The second kappa shape index (κ2) is 9.13. The normalized spacial score (nSPS) is 14.6. The first-order valence-corrected chi connectivity index (χ1v) is 11.7. The van der Waals surface area contributed by atoms with Gasteiger partial charge in [0.05, 0.1) is 36.9 Å². The number of carbonyl (C=O) groups is 1. The highest BCUT2D eigenvalue weighted by Crippen LogP contribution is 2.29. The van der Waals surface area contributed by atoms with Crippen molar-refractivity contribution in [1.82, 2.24) is 19.3 Å². The number of aryl methyl sites for hydroxylation is 1. The summed E-state index contributed by atoms with van der Waals surface area (Å²) in [5.74, 6) is 0.897. The van der Waals surface area contributed by atoms with Crippen LogP contribution in [0, 0.1) is 0 Å².